The van der Waals surface area contributed by atoms with E-state index in [1.54, 1.807) is 0 Å². The Morgan fingerprint density at radius 2 is 2.05 bits per heavy atom. The second kappa shape index (κ2) is 7.41. The van der Waals surface area contributed by atoms with Gasteiger partial charge in [-0.25, -0.2) is 0 Å². The van der Waals surface area contributed by atoms with Crippen molar-refractivity contribution in [1.29, 1.82) is 0 Å². The minimum atomic E-state index is 0.522. The third-order valence-electron chi connectivity index (χ3n) is 4.95. The summed E-state index contributed by atoms with van der Waals surface area (Å²) < 4.78 is 2.05. The molecule has 1 aliphatic rings. The first-order valence-corrected chi connectivity index (χ1v) is 8.48. The van der Waals surface area contributed by atoms with E-state index in [2.05, 4.69) is 54.9 Å². The van der Waals surface area contributed by atoms with E-state index in [0.717, 1.165) is 6.54 Å². The van der Waals surface area contributed by atoms with Crippen LogP contribution in [0.15, 0.2) is 0 Å². The molecule has 120 valence electrons. The van der Waals surface area contributed by atoms with Gasteiger partial charge in [0, 0.05) is 24.3 Å². The molecule has 0 aromatic carbocycles. The summed E-state index contributed by atoms with van der Waals surface area (Å²) in [4.78, 5) is 2.71. The molecule has 0 bridgehead atoms. The highest BCUT2D eigenvalue weighted by Crippen LogP contribution is 2.37. The first-order chi connectivity index (χ1) is 10.1. The van der Waals surface area contributed by atoms with Crippen molar-refractivity contribution >= 4 is 0 Å². The molecule has 2 rings (SSSR count). The number of aromatic nitrogens is 2. The normalized spacial score (nSPS) is 24.2. The van der Waals surface area contributed by atoms with E-state index in [1.165, 1.54) is 55.7 Å². The van der Waals surface area contributed by atoms with Crippen LogP contribution < -0.4 is 5.32 Å². The maximum Gasteiger partial charge on any atom is 0.0644 e. The van der Waals surface area contributed by atoms with E-state index < -0.39 is 0 Å². The van der Waals surface area contributed by atoms with Gasteiger partial charge in [-0.3, -0.25) is 9.58 Å². The molecule has 1 aromatic rings. The smallest absolute Gasteiger partial charge is 0.0644 e. The molecule has 2 atom stereocenters. The number of likely N-dealkylation sites (tertiary alicyclic amines) is 1. The standard InChI is InChI=1S/C17H32N4/c1-6-10-21-11-8-7-9-15(12-18-4)17(21)16-13(2)19-20(5)14(16)3/h15,17-18H,6-12H2,1-5H3. The monoisotopic (exact) mass is 292 g/mol. The van der Waals surface area contributed by atoms with Crippen LogP contribution in [0.25, 0.3) is 0 Å². The average Bonchev–Trinajstić information content (AvgIpc) is 2.62. The molecule has 4 nitrogen and oxygen atoms in total. The lowest BCUT2D eigenvalue weighted by molar-refractivity contribution is 0.153. The first-order valence-electron chi connectivity index (χ1n) is 8.48. The molecular weight excluding hydrogens is 260 g/mol. The van der Waals surface area contributed by atoms with Gasteiger partial charge in [0.05, 0.1) is 5.69 Å². The number of hydrogen-bond donors (Lipinski definition) is 1. The molecule has 1 saturated heterocycles. The Morgan fingerprint density at radius 1 is 1.29 bits per heavy atom. The Bertz CT molecular complexity index is 436. The van der Waals surface area contributed by atoms with Crippen LogP contribution in [-0.4, -0.2) is 41.4 Å². The average molecular weight is 292 g/mol. The molecule has 4 heteroatoms. The molecule has 1 aromatic heterocycles. The number of nitrogens with one attached hydrogen (secondary N) is 1. The van der Waals surface area contributed by atoms with Gasteiger partial charge < -0.3 is 5.32 Å². The van der Waals surface area contributed by atoms with Crippen molar-refractivity contribution in [2.24, 2.45) is 13.0 Å². The molecule has 0 saturated carbocycles. The summed E-state index contributed by atoms with van der Waals surface area (Å²) in [6, 6.07) is 0.522. The highest BCUT2D eigenvalue weighted by molar-refractivity contribution is 5.29. The lowest BCUT2D eigenvalue weighted by Gasteiger charge is -2.35. The lowest BCUT2D eigenvalue weighted by Crippen LogP contribution is -2.37. The van der Waals surface area contributed by atoms with Gasteiger partial charge in [-0.1, -0.05) is 13.3 Å². The topological polar surface area (TPSA) is 33.1 Å². The predicted molar refractivity (Wildman–Crippen MR) is 88.6 cm³/mol. The SMILES string of the molecule is CCCN1CCCCC(CNC)C1c1c(C)nn(C)c1C. The summed E-state index contributed by atoms with van der Waals surface area (Å²) >= 11 is 0. The molecule has 0 aliphatic carbocycles. The maximum atomic E-state index is 4.68. The van der Waals surface area contributed by atoms with Crippen molar-refractivity contribution in [3.8, 4) is 0 Å². The van der Waals surface area contributed by atoms with Crippen molar-refractivity contribution in [3.05, 3.63) is 17.0 Å². The molecule has 0 spiro atoms. The summed E-state index contributed by atoms with van der Waals surface area (Å²) in [5, 5.41) is 8.09. The molecule has 1 N–H and O–H groups in total. The van der Waals surface area contributed by atoms with E-state index in [4.69, 9.17) is 0 Å². The fraction of sp³-hybridized carbons (Fsp3) is 0.824. The van der Waals surface area contributed by atoms with Crippen LogP contribution in [0.3, 0.4) is 0 Å². The van der Waals surface area contributed by atoms with Gasteiger partial charge in [0.2, 0.25) is 0 Å². The minimum absolute atomic E-state index is 0.522. The third-order valence-corrected chi connectivity index (χ3v) is 4.95. The maximum absolute atomic E-state index is 4.68. The zero-order valence-electron chi connectivity index (χ0n) is 14.4. The van der Waals surface area contributed by atoms with Gasteiger partial charge in [-0.15, -0.1) is 0 Å². The number of nitrogens with zero attached hydrogens (tertiary/aromatic N) is 3. The largest absolute Gasteiger partial charge is 0.319 e. The molecule has 21 heavy (non-hydrogen) atoms. The van der Waals surface area contributed by atoms with Gasteiger partial charge in [0.1, 0.15) is 0 Å². The molecule has 1 fully saturated rings. The summed E-state index contributed by atoms with van der Waals surface area (Å²) in [5.41, 5.74) is 4.03. The summed E-state index contributed by atoms with van der Waals surface area (Å²) in [7, 11) is 4.15. The minimum Gasteiger partial charge on any atom is -0.319 e. The van der Waals surface area contributed by atoms with Gasteiger partial charge in [0.25, 0.3) is 0 Å². The lowest BCUT2D eigenvalue weighted by atomic mass is 9.87. The molecule has 0 radical (unpaired) electrons. The Balaban J connectivity index is 2.42. The summed E-state index contributed by atoms with van der Waals surface area (Å²) in [6.07, 6.45) is 5.22. The fourth-order valence-electron chi connectivity index (χ4n) is 3.97. The number of hydrogen-bond acceptors (Lipinski definition) is 3. The van der Waals surface area contributed by atoms with Crippen LogP contribution in [-0.2, 0) is 7.05 Å². The van der Waals surface area contributed by atoms with E-state index in [0.29, 0.717) is 12.0 Å². The van der Waals surface area contributed by atoms with Crippen LogP contribution in [0.5, 0.6) is 0 Å². The van der Waals surface area contributed by atoms with Crippen LogP contribution in [0.1, 0.15) is 55.6 Å². The number of rotatable bonds is 5. The van der Waals surface area contributed by atoms with Gasteiger partial charge in [-0.05, 0) is 65.7 Å². The third kappa shape index (κ3) is 3.49. The Kier molecular flexibility index (Phi) is 5.82. The fourth-order valence-corrected chi connectivity index (χ4v) is 3.97. The molecule has 0 amide bonds. The van der Waals surface area contributed by atoms with Crippen LogP contribution in [0.4, 0.5) is 0 Å². The summed E-state index contributed by atoms with van der Waals surface area (Å²) in [5.74, 6) is 0.686. The second-order valence-corrected chi connectivity index (χ2v) is 6.50. The zero-order chi connectivity index (χ0) is 15.4. The number of aryl methyl sites for hydroxylation is 2. The van der Waals surface area contributed by atoms with Crippen molar-refractivity contribution in [1.82, 2.24) is 20.0 Å². The van der Waals surface area contributed by atoms with Crippen molar-refractivity contribution in [3.63, 3.8) is 0 Å². The van der Waals surface area contributed by atoms with Crippen LogP contribution >= 0.6 is 0 Å². The highest BCUT2D eigenvalue weighted by atomic mass is 15.3. The second-order valence-electron chi connectivity index (χ2n) is 6.50. The van der Waals surface area contributed by atoms with E-state index in [-0.39, 0.29) is 0 Å². The van der Waals surface area contributed by atoms with Crippen LogP contribution in [0.2, 0.25) is 0 Å². The first kappa shape index (κ1) is 16.5. The Hall–Kier alpha value is -0.870. The van der Waals surface area contributed by atoms with Crippen molar-refractivity contribution < 1.29 is 0 Å². The van der Waals surface area contributed by atoms with Crippen molar-refractivity contribution in [2.75, 3.05) is 26.7 Å². The predicted octanol–water partition coefficient (Wildman–Crippen LogP) is 2.81. The zero-order valence-corrected chi connectivity index (χ0v) is 14.4. The molecular formula is C17H32N4. The van der Waals surface area contributed by atoms with Gasteiger partial charge >= 0.3 is 0 Å². The summed E-state index contributed by atoms with van der Waals surface area (Å²) in [6.45, 7) is 10.2. The molecule has 1 aliphatic heterocycles. The Labute approximate surface area is 129 Å². The van der Waals surface area contributed by atoms with Gasteiger partial charge in [-0.2, -0.15) is 5.10 Å². The van der Waals surface area contributed by atoms with Crippen molar-refractivity contribution in [2.45, 2.75) is 52.5 Å². The van der Waals surface area contributed by atoms with E-state index in [9.17, 15) is 0 Å². The molecule has 2 heterocycles. The quantitative estimate of drug-likeness (QED) is 0.906. The van der Waals surface area contributed by atoms with E-state index >= 15 is 0 Å². The van der Waals surface area contributed by atoms with Crippen LogP contribution in [0, 0.1) is 19.8 Å². The Morgan fingerprint density at radius 3 is 2.62 bits per heavy atom. The van der Waals surface area contributed by atoms with Gasteiger partial charge in [0.15, 0.2) is 0 Å². The van der Waals surface area contributed by atoms with E-state index in [1.807, 2.05) is 0 Å². The highest BCUT2D eigenvalue weighted by Gasteiger charge is 2.33. The molecule has 2 unspecified atom stereocenters.